The fraction of sp³-hybridized carbons (Fsp3) is 0.538. The van der Waals surface area contributed by atoms with Crippen LogP contribution in [-0.2, 0) is 5.41 Å². The van der Waals surface area contributed by atoms with Gasteiger partial charge in [0.25, 0.3) is 0 Å². The average molecular weight is 237 g/mol. The van der Waals surface area contributed by atoms with E-state index in [0.29, 0.717) is 25.5 Å². The van der Waals surface area contributed by atoms with Crippen molar-refractivity contribution in [3.63, 3.8) is 0 Å². The lowest BCUT2D eigenvalue weighted by molar-refractivity contribution is 0.162. The molecule has 1 aromatic carbocycles. The summed E-state index contributed by atoms with van der Waals surface area (Å²) in [4.78, 5) is 0. The second kappa shape index (κ2) is 3.88. The number of hydrogen-bond donors (Lipinski definition) is 1. The van der Waals surface area contributed by atoms with Gasteiger partial charge < -0.3 is 15.2 Å². The van der Waals surface area contributed by atoms with Gasteiger partial charge >= 0.3 is 0 Å². The molecule has 3 nitrogen and oxygen atoms in total. The van der Waals surface area contributed by atoms with Crippen molar-refractivity contribution >= 4 is 0 Å². The summed E-state index contributed by atoms with van der Waals surface area (Å²) in [6.07, 6.45) is 3.22. The Morgan fingerprint density at radius 3 is 2.65 bits per heavy atom. The third-order valence-corrected chi connectivity index (χ3v) is 3.91. The maximum atomic E-state index is 13.9. The van der Waals surface area contributed by atoms with E-state index in [0.717, 1.165) is 24.8 Å². The van der Waals surface area contributed by atoms with Gasteiger partial charge in [-0.25, -0.2) is 4.39 Å². The first-order valence-corrected chi connectivity index (χ1v) is 6.05. The lowest BCUT2D eigenvalue weighted by Crippen LogP contribution is -2.41. The highest BCUT2D eigenvalue weighted by atomic mass is 19.1. The van der Waals surface area contributed by atoms with E-state index in [1.54, 1.807) is 6.07 Å². The average Bonchev–Trinajstić information content (AvgIpc) is 2.28. The van der Waals surface area contributed by atoms with Crippen LogP contribution in [0.3, 0.4) is 0 Å². The SMILES string of the molecule is NCC1(c2cc(F)c3c(c2)OCCO3)CCC1. The summed E-state index contributed by atoms with van der Waals surface area (Å²) in [7, 11) is 0. The maximum Gasteiger partial charge on any atom is 0.197 e. The van der Waals surface area contributed by atoms with E-state index in [2.05, 4.69) is 0 Å². The van der Waals surface area contributed by atoms with Crippen molar-refractivity contribution in [3.05, 3.63) is 23.5 Å². The molecule has 0 unspecified atom stereocenters. The number of hydrogen-bond acceptors (Lipinski definition) is 3. The summed E-state index contributed by atoms with van der Waals surface area (Å²) in [5, 5.41) is 0. The molecule has 92 valence electrons. The zero-order valence-corrected chi connectivity index (χ0v) is 9.67. The van der Waals surface area contributed by atoms with Crippen molar-refractivity contribution in [1.82, 2.24) is 0 Å². The first kappa shape index (κ1) is 10.8. The van der Waals surface area contributed by atoms with Crippen LogP contribution >= 0.6 is 0 Å². The van der Waals surface area contributed by atoms with Crippen LogP contribution < -0.4 is 15.2 Å². The molecule has 2 aliphatic rings. The number of benzene rings is 1. The standard InChI is InChI=1S/C13H16FNO2/c14-10-6-9(13(8-15)2-1-3-13)7-11-12(10)17-5-4-16-11/h6-7H,1-5,8,15H2. The molecule has 1 aliphatic carbocycles. The quantitative estimate of drug-likeness (QED) is 0.855. The highest BCUT2D eigenvalue weighted by molar-refractivity contribution is 5.48. The fourth-order valence-corrected chi connectivity index (χ4v) is 2.63. The zero-order chi connectivity index (χ0) is 11.9. The van der Waals surface area contributed by atoms with Gasteiger partial charge in [-0.15, -0.1) is 0 Å². The highest BCUT2D eigenvalue weighted by Crippen LogP contribution is 2.46. The molecule has 4 heteroatoms. The molecule has 1 heterocycles. The van der Waals surface area contributed by atoms with Gasteiger partial charge in [0.05, 0.1) is 0 Å². The number of nitrogens with two attached hydrogens (primary N) is 1. The van der Waals surface area contributed by atoms with Crippen LogP contribution in [0.25, 0.3) is 0 Å². The Balaban J connectivity index is 2.04. The molecule has 1 saturated carbocycles. The highest BCUT2D eigenvalue weighted by Gasteiger charge is 2.38. The van der Waals surface area contributed by atoms with Gasteiger partial charge in [0.1, 0.15) is 13.2 Å². The van der Waals surface area contributed by atoms with Gasteiger partial charge in [-0.2, -0.15) is 0 Å². The summed E-state index contributed by atoms with van der Waals surface area (Å²) in [5.41, 5.74) is 6.74. The largest absolute Gasteiger partial charge is 0.486 e. The van der Waals surface area contributed by atoms with Gasteiger partial charge in [-0.05, 0) is 30.5 Å². The molecule has 0 aromatic heterocycles. The lowest BCUT2D eigenvalue weighted by Gasteiger charge is -2.42. The second-order valence-corrected chi connectivity index (χ2v) is 4.82. The Hall–Kier alpha value is -1.29. The minimum absolute atomic E-state index is 0.0450. The molecule has 0 amide bonds. The third kappa shape index (κ3) is 1.59. The molecule has 1 aromatic rings. The Morgan fingerprint density at radius 1 is 1.24 bits per heavy atom. The molecular weight excluding hydrogens is 221 g/mol. The number of ether oxygens (including phenoxy) is 2. The molecule has 3 rings (SSSR count). The van der Waals surface area contributed by atoms with E-state index in [1.807, 2.05) is 6.07 Å². The van der Waals surface area contributed by atoms with Crippen molar-refractivity contribution in [2.45, 2.75) is 24.7 Å². The smallest absolute Gasteiger partial charge is 0.197 e. The summed E-state index contributed by atoms with van der Waals surface area (Å²) in [6.45, 7) is 1.45. The topological polar surface area (TPSA) is 44.5 Å². The Morgan fingerprint density at radius 2 is 2.00 bits per heavy atom. The normalized spacial score (nSPS) is 20.8. The molecule has 0 spiro atoms. The second-order valence-electron chi connectivity index (χ2n) is 4.82. The van der Waals surface area contributed by atoms with E-state index >= 15 is 0 Å². The van der Waals surface area contributed by atoms with Gasteiger partial charge in [0.15, 0.2) is 17.3 Å². The molecule has 1 aliphatic heterocycles. The van der Waals surface area contributed by atoms with Gasteiger partial charge in [-0.3, -0.25) is 0 Å². The molecule has 17 heavy (non-hydrogen) atoms. The van der Waals surface area contributed by atoms with Crippen molar-refractivity contribution in [3.8, 4) is 11.5 Å². The molecule has 0 atom stereocenters. The monoisotopic (exact) mass is 237 g/mol. The van der Waals surface area contributed by atoms with Crippen LogP contribution in [0.2, 0.25) is 0 Å². The Labute approximate surface area is 99.7 Å². The predicted molar refractivity (Wildman–Crippen MR) is 62.0 cm³/mol. The molecule has 2 N–H and O–H groups in total. The van der Waals surface area contributed by atoms with E-state index < -0.39 is 0 Å². The van der Waals surface area contributed by atoms with Crippen molar-refractivity contribution in [2.24, 2.45) is 5.73 Å². The van der Waals surface area contributed by atoms with Crippen LogP contribution in [-0.4, -0.2) is 19.8 Å². The fourth-order valence-electron chi connectivity index (χ4n) is 2.63. The van der Waals surface area contributed by atoms with Crippen molar-refractivity contribution < 1.29 is 13.9 Å². The zero-order valence-electron chi connectivity index (χ0n) is 9.67. The first-order chi connectivity index (χ1) is 8.25. The van der Waals surface area contributed by atoms with Gasteiger partial charge in [0, 0.05) is 12.0 Å². The third-order valence-electron chi connectivity index (χ3n) is 3.91. The van der Waals surface area contributed by atoms with E-state index in [9.17, 15) is 4.39 Å². The summed E-state index contributed by atoms with van der Waals surface area (Å²) in [5.74, 6) is 0.425. The first-order valence-electron chi connectivity index (χ1n) is 6.05. The van der Waals surface area contributed by atoms with Crippen LogP contribution in [0.15, 0.2) is 12.1 Å². The molecule has 0 saturated heterocycles. The van der Waals surface area contributed by atoms with Gasteiger partial charge in [0.2, 0.25) is 0 Å². The summed E-state index contributed by atoms with van der Waals surface area (Å²) < 4.78 is 24.6. The van der Waals surface area contributed by atoms with E-state index in [1.165, 1.54) is 0 Å². The maximum absolute atomic E-state index is 13.9. The molecule has 1 fully saturated rings. The van der Waals surface area contributed by atoms with E-state index in [4.69, 9.17) is 15.2 Å². The van der Waals surface area contributed by atoms with Crippen molar-refractivity contribution in [1.29, 1.82) is 0 Å². The van der Waals surface area contributed by atoms with Crippen LogP contribution in [0.4, 0.5) is 4.39 Å². The van der Waals surface area contributed by atoms with Gasteiger partial charge in [-0.1, -0.05) is 6.42 Å². The van der Waals surface area contributed by atoms with Crippen LogP contribution in [0, 0.1) is 5.82 Å². The van der Waals surface area contributed by atoms with Crippen molar-refractivity contribution in [2.75, 3.05) is 19.8 Å². The van der Waals surface area contributed by atoms with Crippen LogP contribution in [0.5, 0.6) is 11.5 Å². The Kier molecular flexibility index (Phi) is 2.47. The minimum Gasteiger partial charge on any atom is -0.486 e. The lowest BCUT2D eigenvalue weighted by atomic mass is 9.64. The molecular formula is C13H16FNO2. The Bertz CT molecular complexity index is 438. The molecule has 0 bridgehead atoms. The predicted octanol–water partition coefficient (Wildman–Crippen LogP) is 1.98. The molecule has 0 radical (unpaired) electrons. The summed E-state index contributed by atoms with van der Waals surface area (Å²) in [6, 6.07) is 3.45. The summed E-state index contributed by atoms with van der Waals surface area (Å²) >= 11 is 0. The number of fused-ring (bicyclic) bond motifs is 1. The minimum atomic E-state index is -0.336. The number of halogens is 1. The number of rotatable bonds is 2. The van der Waals surface area contributed by atoms with Crippen LogP contribution in [0.1, 0.15) is 24.8 Å². The van der Waals surface area contributed by atoms with E-state index in [-0.39, 0.29) is 17.0 Å².